The van der Waals surface area contributed by atoms with Crippen LogP contribution in [0.2, 0.25) is 0 Å². The second-order valence-corrected chi connectivity index (χ2v) is 6.30. The predicted octanol–water partition coefficient (Wildman–Crippen LogP) is 1.01. The minimum absolute atomic E-state index is 0.175. The van der Waals surface area contributed by atoms with Crippen LogP contribution in [0.25, 0.3) is 0 Å². The van der Waals surface area contributed by atoms with Crippen LogP contribution in [0.15, 0.2) is 18.3 Å². The Hall–Kier alpha value is -1.80. The second-order valence-electron chi connectivity index (χ2n) is 6.30. The van der Waals surface area contributed by atoms with Gasteiger partial charge in [0, 0.05) is 45.2 Å². The molecule has 0 unspecified atom stereocenters. The Morgan fingerprint density at radius 1 is 1.38 bits per heavy atom. The molecule has 132 valence electrons. The van der Waals surface area contributed by atoms with Crippen molar-refractivity contribution < 1.29 is 23.4 Å². The number of pyridine rings is 1. The van der Waals surface area contributed by atoms with E-state index in [9.17, 15) is 18.7 Å². The first-order valence-electron chi connectivity index (χ1n) is 7.99. The first-order valence-corrected chi connectivity index (χ1v) is 7.99. The van der Waals surface area contributed by atoms with Gasteiger partial charge in [0.2, 0.25) is 5.88 Å². The van der Waals surface area contributed by atoms with Crippen molar-refractivity contribution in [2.75, 3.05) is 33.3 Å². The number of piperidine rings is 1. The SMILES string of the molecule is COc1ncccc1C(=O)N1C[C@@H](O)[C@H](N2CCC(F)(F)CC2)C1. The standard InChI is InChI=1S/C16H21F2N3O3/c1-24-14-11(3-2-6-19-14)15(23)21-9-12(13(22)10-21)20-7-4-16(17,18)5-8-20/h2-3,6,12-13,22H,4-5,7-10H2,1H3/t12-,13-/m1/s1. The van der Waals surface area contributed by atoms with Gasteiger partial charge in [-0.25, -0.2) is 13.8 Å². The molecule has 0 aliphatic carbocycles. The fraction of sp³-hybridized carbons (Fsp3) is 0.625. The van der Waals surface area contributed by atoms with Gasteiger partial charge in [0.1, 0.15) is 5.56 Å². The smallest absolute Gasteiger partial charge is 0.259 e. The fourth-order valence-electron chi connectivity index (χ4n) is 3.36. The molecule has 1 N–H and O–H groups in total. The Kier molecular flexibility index (Phi) is 4.69. The van der Waals surface area contributed by atoms with E-state index in [1.807, 2.05) is 4.90 Å². The Bertz CT molecular complexity index is 604. The van der Waals surface area contributed by atoms with Crippen LogP contribution in [-0.2, 0) is 0 Å². The molecule has 2 aliphatic rings. The van der Waals surface area contributed by atoms with E-state index in [2.05, 4.69) is 4.98 Å². The summed E-state index contributed by atoms with van der Waals surface area (Å²) in [4.78, 5) is 20.1. The molecule has 1 aromatic heterocycles. The van der Waals surface area contributed by atoms with Crippen molar-refractivity contribution in [2.24, 2.45) is 0 Å². The lowest BCUT2D eigenvalue weighted by atomic mass is 10.0. The van der Waals surface area contributed by atoms with Crippen LogP contribution in [0, 0.1) is 0 Å². The summed E-state index contributed by atoms with van der Waals surface area (Å²) in [7, 11) is 1.44. The number of aliphatic hydroxyl groups excluding tert-OH is 1. The number of carbonyl (C=O) groups is 1. The van der Waals surface area contributed by atoms with Gasteiger partial charge in [-0.2, -0.15) is 0 Å². The summed E-state index contributed by atoms with van der Waals surface area (Å²) in [6, 6.07) is 2.95. The van der Waals surface area contributed by atoms with Crippen molar-refractivity contribution >= 4 is 5.91 Å². The lowest BCUT2D eigenvalue weighted by Crippen LogP contribution is -2.49. The van der Waals surface area contributed by atoms with E-state index in [1.54, 1.807) is 12.1 Å². The molecule has 2 aliphatic heterocycles. The highest BCUT2D eigenvalue weighted by atomic mass is 19.3. The molecule has 1 aromatic rings. The molecule has 0 spiro atoms. The summed E-state index contributed by atoms with van der Waals surface area (Å²) in [5.74, 6) is -2.67. The van der Waals surface area contributed by atoms with E-state index in [-0.39, 0.29) is 50.3 Å². The number of likely N-dealkylation sites (tertiary alicyclic amines) is 2. The number of hydrogen-bond acceptors (Lipinski definition) is 5. The summed E-state index contributed by atoms with van der Waals surface area (Å²) in [5, 5.41) is 10.3. The van der Waals surface area contributed by atoms with Crippen LogP contribution in [0.5, 0.6) is 5.88 Å². The molecule has 24 heavy (non-hydrogen) atoms. The molecule has 2 atom stereocenters. The number of aliphatic hydroxyl groups is 1. The van der Waals surface area contributed by atoms with Gasteiger partial charge in [-0.3, -0.25) is 9.69 Å². The molecular weight excluding hydrogens is 320 g/mol. The quantitative estimate of drug-likeness (QED) is 0.889. The topological polar surface area (TPSA) is 65.9 Å². The zero-order chi connectivity index (χ0) is 17.3. The van der Waals surface area contributed by atoms with E-state index in [4.69, 9.17) is 4.74 Å². The average molecular weight is 341 g/mol. The van der Waals surface area contributed by atoms with Crippen molar-refractivity contribution in [3.8, 4) is 5.88 Å². The maximum Gasteiger partial charge on any atom is 0.259 e. The second kappa shape index (κ2) is 6.60. The minimum Gasteiger partial charge on any atom is -0.480 e. The highest BCUT2D eigenvalue weighted by Gasteiger charge is 2.42. The van der Waals surface area contributed by atoms with Crippen LogP contribution < -0.4 is 4.74 Å². The molecule has 3 heterocycles. The number of β-amino-alcohol motifs (C(OH)–C–C–N with tert-alkyl or cyclic N) is 1. The molecule has 0 bridgehead atoms. The van der Waals surface area contributed by atoms with Gasteiger partial charge in [-0.15, -0.1) is 0 Å². The Morgan fingerprint density at radius 3 is 2.75 bits per heavy atom. The van der Waals surface area contributed by atoms with E-state index < -0.39 is 12.0 Å². The van der Waals surface area contributed by atoms with Crippen LogP contribution in [-0.4, -0.2) is 77.2 Å². The van der Waals surface area contributed by atoms with Crippen LogP contribution in [0.3, 0.4) is 0 Å². The van der Waals surface area contributed by atoms with Crippen molar-refractivity contribution in [3.63, 3.8) is 0 Å². The van der Waals surface area contributed by atoms with Crippen LogP contribution >= 0.6 is 0 Å². The first-order chi connectivity index (χ1) is 11.4. The number of methoxy groups -OCH3 is 1. The maximum atomic E-state index is 13.3. The highest BCUT2D eigenvalue weighted by molar-refractivity contribution is 5.96. The van der Waals surface area contributed by atoms with Gasteiger partial charge in [-0.05, 0) is 12.1 Å². The Morgan fingerprint density at radius 2 is 2.08 bits per heavy atom. The number of alkyl halides is 2. The molecule has 0 saturated carbocycles. The highest BCUT2D eigenvalue weighted by Crippen LogP contribution is 2.31. The number of rotatable bonds is 3. The van der Waals surface area contributed by atoms with Gasteiger partial charge < -0.3 is 14.7 Å². The minimum atomic E-state index is -2.63. The van der Waals surface area contributed by atoms with Crippen molar-refractivity contribution in [1.29, 1.82) is 0 Å². The molecule has 0 aromatic carbocycles. The van der Waals surface area contributed by atoms with E-state index >= 15 is 0 Å². The van der Waals surface area contributed by atoms with Gasteiger partial charge in [0.25, 0.3) is 11.8 Å². The van der Waals surface area contributed by atoms with Crippen LogP contribution in [0.1, 0.15) is 23.2 Å². The fourth-order valence-corrected chi connectivity index (χ4v) is 3.36. The van der Waals surface area contributed by atoms with Crippen LogP contribution in [0.4, 0.5) is 8.78 Å². The van der Waals surface area contributed by atoms with Crippen molar-refractivity contribution in [3.05, 3.63) is 23.9 Å². The molecule has 3 rings (SSSR count). The lowest BCUT2D eigenvalue weighted by Gasteiger charge is -2.36. The maximum absolute atomic E-state index is 13.3. The van der Waals surface area contributed by atoms with Gasteiger partial charge in [-0.1, -0.05) is 0 Å². The number of carbonyl (C=O) groups excluding carboxylic acids is 1. The molecule has 6 nitrogen and oxygen atoms in total. The average Bonchev–Trinajstić information content (AvgIpc) is 2.96. The van der Waals surface area contributed by atoms with E-state index in [0.717, 1.165) is 0 Å². The number of halogens is 2. The summed E-state index contributed by atoms with van der Waals surface area (Å²) < 4.78 is 31.7. The zero-order valence-corrected chi connectivity index (χ0v) is 13.5. The van der Waals surface area contributed by atoms with Crippen molar-refractivity contribution in [1.82, 2.24) is 14.8 Å². The number of aromatic nitrogens is 1. The Balaban J connectivity index is 1.68. The molecule has 2 fully saturated rings. The van der Waals surface area contributed by atoms with E-state index in [1.165, 1.54) is 18.2 Å². The molecule has 0 radical (unpaired) electrons. The van der Waals surface area contributed by atoms with Gasteiger partial charge in [0.15, 0.2) is 0 Å². The summed E-state index contributed by atoms with van der Waals surface area (Å²) >= 11 is 0. The Labute approximate surface area is 139 Å². The lowest BCUT2D eigenvalue weighted by molar-refractivity contribution is -0.0697. The third-order valence-electron chi connectivity index (χ3n) is 4.74. The zero-order valence-electron chi connectivity index (χ0n) is 13.5. The third-order valence-corrected chi connectivity index (χ3v) is 4.74. The number of ether oxygens (including phenoxy) is 1. The molecule has 8 heteroatoms. The third kappa shape index (κ3) is 3.34. The summed E-state index contributed by atoms with van der Waals surface area (Å²) in [6.45, 7) is 0.942. The van der Waals surface area contributed by atoms with Gasteiger partial charge >= 0.3 is 0 Å². The monoisotopic (exact) mass is 341 g/mol. The number of nitrogens with zero attached hydrogens (tertiary/aromatic N) is 3. The summed E-state index contributed by atoms with van der Waals surface area (Å²) in [5.41, 5.74) is 0.332. The predicted molar refractivity (Wildman–Crippen MR) is 82.2 cm³/mol. The van der Waals surface area contributed by atoms with Gasteiger partial charge in [0.05, 0.1) is 19.3 Å². The summed E-state index contributed by atoms with van der Waals surface area (Å²) in [6.07, 6.45) is 0.370. The van der Waals surface area contributed by atoms with E-state index in [0.29, 0.717) is 12.1 Å². The molecule has 1 amide bonds. The largest absolute Gasteiger partial charge is 0.480 e. The molecular formula is C16H21F2N3O3. The first kappa shape index (κ1) is 17.0. The number of hydrogen-bond donors (Lipinski definition) is 1. The molecule has 2 saturated heterocycles. The number of amides is 1. The van der Waals surface area contributed by atoms with Crippen molar-refractivity contribution in [2.45, 2.75) is 30.9 Å². The normalized spacial score (nSPS) is 27.2.